The van der Waals surface area contributed by atoms with Crippen molar-refractivity contribution in [3.63, 3.8) is 0 Å². The number of nitrogens with one attached hydrogen (secondary N) is 2. The highest BCUT2D eigenvalue weighted by molar-refractivity contribution is 7.89. The first kappa shape index (κ1) is 22.3. The Hall–Kier alpha value is -3.40. The van der Waals surface area contributed by atoms with Crippen molar-refractivity contribution in [2.45, 2.75) is 23.8 Å². The third-order valence-corrected chi connectivity index (χ3v) is 6.38. The van der Waals surface area contributed by atoms with E-state index in [2.05, 4.69) is 16.0 Å². The Morgan fingerprint density at radius 3 is 1.90 bits per heavy atom. The maximum Gasteiger partial charge on any atom is 0.251 e. The Kier molecular flexibility index (Phi) is 7.24. The second-order valence-electron chi connectivity index (χ2n) is 7.11. The van der Waals surface area contributed by atoms with E-state index in [-0.39, 0.29) is 29.3 Å². The molecule has 3 aromatic carbocycles. The van der Waals surface area contributed by atoms with Gasteiger partial charge in [-0.2, -0.15) is 4.72 Å². The van der Waals surface area contributed by atoms with Crippen molar-refractivity contribution in [1.29, 1.82) is 0 Å². The van der Waals surface area contributed by atoms with Crippen molar-refractivity contribution < 1.29 is 13.2 Å². The highest BCUT2D eigenvalue weighted by Crippen LogP contribution is 2.28. The molecule has 1 amide bonds. The van der Waals surface area contributed by atoms with Crippen LogP contribution in [0.3, 0.4) is 0 Å². The molecule has 0 aliphatic heterocycles. The molecule has 0 saturated heterocycles. The molecule has 0 unspecified atom stereocenters. The molecule has 0 aromatic heterocycles. The van der Waals surface area contributed by atoms with Gasteiger partial charge in [-0.3, -0.25) is 4.79 Å². The summed E-state index contributed by atoms with van der Waals surface area (Å²) in [7, 11) is -3.70. The van der Waals surface area contributed by atoms with E-state index in [1.165, 1.54) is 24.3 Å². The van der Waals surface area contributed by atoms with Crippen LogP contribution in [0.4, 0.5) is 0 Å². The maximum absolute atomic E-state index is 12.9. The molecule has 5 nitrogen and oxygen atoms in total. The van der Waals surface area contributed by atoms with Crippen LogP contribution in [0, 0.1) is 12.3 Å². The number of hydrogen-bond acceptors (Lipinski definition) is 3. The topological polar surface area (TPSA) is 75.3 Å². The maximum atomic E-state index is 12.9. The molecule has 0 fully saturated rings. The van der Waals surface area contributed by atoms with Crippen LogP contribution in [-0.4, -0.2) is 26.9 Å². The lowest BCUT2D eigenvalue weighted by atomic mass is 9.85. The minimum atomic E-state index is -3.70. The van der Waals surface area contributed by atoms with Gasteiger partial charge in [-0.1, -0.05) is 66.6 Å². The monoisotopic (exact) mass is 432 g/mol. The molecule has 6 heteroatoms. The number of benzene rings is 3. The van der Waals surface area contributed by atoms with Crippen LogP contribution in [0.2, 0.25) is 0 Å². The predicted octanol–water partition coefficient (Wildman–Crippen LogP) is 3.55. The summed E-state index contributed by atoms with van der Waals surface area (Å²) in [6.07, 6.45) is 5.10. The molecule has 3 aromatic rings. The molecule has 0 aliphatic carbocycles. The van der Waals surface area contributed by atoms with Gasteiger partial charge in [0, 0.05) is 17.5 Å². The van der Waals surface area contributed by atoms with E-state index in [0.29, 0.717) is 5.56 Å². The Bertz CT molecular complexity index is 1110. The summed E-state index contributed by atoms with van der Waals surface area (Å²) < 4.78 is 26.6. The first-order valence-corrected chi connectivity index (χ1v) is 11.3. The average molecular weight is 433 g/mol. The lowest BCUT2D eigenvalue weighted by Crippen LogP contribution is -2.37. The summed E-state index contributed by atoms with van der Waals surface area (Å²) in [5.74, 6) is 1.93. The first-order chi connectivity index (χ1) is 14.9. The smallest absolute Gasteiger partial charge is 0.251 e. The van der Waals surface area contributed by atoms with E-state index in [1.54, 1.807) is 0 Å². The number of hydrogen-bond donors (Lipinski definition) is 2. The normalized spacial score (nSPS) is 12.2. The van der Waals surface area contributed by atoms with Crippen LogP contribution >= 0.6 is 0 Å². The summed E-state index contributed by atoms with van der Waals surface area (Å²) in [6, 6.07) is 25.6. The van der Waals surface area contributed by atoms with Gasteiger partial charge < -0.3 is 5.32 Å². The molecule has 0 aliphatic rings. The summed E-state index contributed by atoms with van der Waals surface area (Å²) in [6.45, 7) is 1.87. The van der Waals surface area contributed by atoms with Crippen LogP contribution in [0.5, 0.6) is 0 Å². The SMILES string of the molecule is C#CCNS(=O)(=O)c1ccc(C(=O)N[C@H](C)C(c2ccccc2)c2ccccc2)cc1. The standard InChI is InChI=1S/C25H24N2O3S/c1-3-18-26-31(29,30)23-16-14-22(15-17-23)25(28)27-19(2)24(20-10-6-4-7-11-20)21-12-8-5-9-13-21/h1,4-17,19,24,26H,18H2,2H3,(H,27,28)/t19-/m1/s1. The van der Waals surface area contributed by atoms with Gasteiger partial charge in [0.05, 0.1) is 11.4 Å². The lowest BCUT2D eigenvalue weighted by molar-refractivity contribution is 0.0937. The van der Waals surface area contributed by atoms with Gasteiger partial charge >= 0.3 is 0 Å². The van der Waals surface area contributed by atoms with E-state index in [4.69, 9.17) is 6.42 Å². The van der Waals surface area contributed by atoms with E-state index in [9.17, 15) is 13.2 Å². The number of carbonyl (C=O) groups is 1. The zero-order chi connectivity index (χ0) is 22.3. The minimum absolute atomic E-state index is 0.0287. The molecule has 0 saturated carbocycles. The molecular weight excluding hydrogens is 408 g/mol. The van der Waals surface area contributed by atoms with Crippen molar-refractivity contribution in [3.05, 3.63) is 102 Å². The molecule has 2 N–H and O–H groups in total. The van der Waals surface area contributed by atoms with Crippen LogP contribution in [0.25, 0.3) is 0 Å². The fourth-order valence-corrected chi connectivity index (χ4v) is 4.40. The molecule has 1 atom stereocenters. The second-order valence-corrected chi connectivity index (χ2v) is 8.88. The molecule has 31 heavy (non-hydrogen) atoms. The van der Waals surface area contributed by atoms with Crippen LogP contribution in [0.15, 0.2) is 89.8 Å². The zero-order valence-electron chi connectivity index (χ0n) is 17.2. The van der Waals surface area contributed by atoms with Crippen LogP contribution in [-0.2, 0) is 10.0 Å². The molecule has 0 bridgehead atoms. The average Bonchev–Trinajstić information content (AvgIpc) is 2.79. The quantitative estimate of drug-likeness (QED) is 0.535. The highest BCUT2D eigenvalue weighted by Gasteiger charge is 2.23. The molecule has 3 rings (SSSR count). The Labute approximate surface area is 183 Å². The van der Waals surface area contributed by atoms with Crippen LogP contribution < -0.4 is 10.0 Å². The first-order valence-electron chi connectivity index (χ1n) is 9.86. The van der Waals surface area contributed by atoms with Gasteiger partial charge in [0.25, 0.3) is 5.91 Å². The summed E-state index contributed by atoms with van der Waals surface area (Å²) in [4.78, 5) is 12.9. The number of sulfonamides is 1. The second kappa shape index (κ2) is 10.1. The number of amides is 1. The zero-order valence-corrected chi connectivity index (χ0v) is 18.0. The van der Waals surface area contributed by atoms with E-state index >= 15 is 0 Å². The van der Waals surface area contributed by atoms with Crippen molar-refractivity contribution in [2.75, 3.05) is 6.54 Å². The van der Waals surface area contributed by atoms with Crippen LogP contribution in [0.1, 0.15) is 34.3 Å². The van der Waals surface area contributed by atoms with Gasteiger partial charge in [-0.15, -0.1) is 6.42 Å². The highest BCUT2D eigenvalue weighted by atomic mass is 32.2. The van der Waals surface area contributed by atoms with Crippen molar-refractivity contribution >= 4 is 15.9 Å². The predicted molar refractivity (Wildman–Crippen MR) is 122 cm³/mol. The Morgan fingerprint density at radius 1 is 0.903 bits per heavy atom. The minimum Gasteiger partial charge on any atom is -0.349 e. The van der Waals surface area contributed by atoms with Gasteiger partial charge in [-0.25, -0.2) is 8.42 Å². The van der Waals surface area contributed by atoms with E-state index in [1.807, 2.05) is 67.6 Å². The Balaban J connectivity index is 1.79. The number of terminal acetylenes is 1. The number of rotatable bonds is 8. The van der Waals surface area contributed by atoms with Gasteiger partial charge in [0.2, 0.25) is 10.0 Å². The molecule has 0 radical (unpaired) electrons. The third kappa shape index (κ3) is 5.60. The third-order valence-electron chi connectivity index (χ3n) is 4.97. The lowest BCUT2D eigenvalue weighted by Gasteiger charge is -2.26. The van der Waals surface area contributed by atoms with E-state index < -0.39 is 10.0 Å². The molecule has 0 spiro atoms. The molecule has 158 valence electrons. The summed E-state index contributed by atoms with van der Waals surface area (Å²) in [5.41, 5.74) is 2.58. The summed E-state index contributed by atoms with van der Waals surface area (Å²) >= 11 is 0. The van der Waals surface area contributed by atoms with Crippen molar-refractivity contribution in [1.82, 2.24) is 10.0 Å². The molecule has 0 heterocycles. The van der Waals surface area contributed by atoms with E-state index in [0.717, 1.165) is 11.1 Å². The van der Waals surface area contributed by atoms with Gasteiger partial charge in [0.15, 0.2) is 0 Å². The largest absolute Gasteiger partial charge is 0.349 e. The fourth-order valence-electron chi connectivity index (χ4n) is 3.47. The van der Waals surface area contributed by atoms with Gasteiger partial charge in [-0.05, 0) is 42.3 Å². The van der Waals surface area contributed by atoms with Gasteiger partial charge in [0.1, 0.15) is 0 Å². The fraction of sp³-hybridized carbons (Fsp3) is 0.160. The Morgan fingerprint density at radius 2 is 1.42 bits per heavy atom. The number of carbonyl (C=O) groups excluding carboxylic acids is 1. The molecular formula is C25H24N2O3S. The van der Waals surface area contributed by atoms with Crippen molar-refractivity contribution in [2.24, 2.45) is 0 Å². The summed E-state index contributed by atoms with van der Waals surface area (Å²) in [5, 5.41) is 3.06. The van der Waals surface area contributed by atoms with Crippen molar-refractivity contribution in [3.8, 4) is 12.3 Å².